The first-order valence-electron chi connectivity index (χ1n) is 9.63. The Morgan fingerprint density at radius 3 is 2.44 bits per heavy atom. The molecule has 1 saturated carbocycles. The molecule has 1 unspecified atom stereocenters. The number of hydrogen-bond donors (Lipinski definition) is 0. The minimum Gasteiger partial charge on any atom is -0.321 e. The zero-order chi connectivity index (χ0) is 19.4. The van der Waals surface area contributed by atoms with Gasteiger partial charge in [-0.25, -0.2) is 4.67 Å². The molecule has 4 nitrogen and oxygen atoms in total. The average Bonchev–Trinajstić information content (AvgIpc) is 3.33. The molecule has 27 heavy (non-hydrogen) atoms. The molecule has 0 radical (unpaired) electrons. The standard InChI is InChI=1S/C20H29N2O2PS2/c1-15(2)22(16(3)4)25(23-14-8-13-21)24-19-18(17-9-6-5-7-10-17)26-27-20(19)11-12-20/h5-7,9-10,15-16,18-19H,8,11-12,14H2,1-4H3/t18-,19+,25?/m0/s1. The number of rotatable bonds is 9. The number of benzene rings is 1. The van der Waals surface area contributed by atoms with Crippen LogP contribution in [0.2, 0.25) is 0 Å². The molecular formula is C20H29N2O2PS2. The van der Waals surface area contributed by atoms with Crippen LogP contribution in [0.4, 0.5) is 0 Å². The Bertz CT molecular complexity index is 641. The van der Waals surface area contributed by atoms with Gasteiger partial charge >= 0.3 is 0 Å². The summed E-state index contributed by atoms with van der Waals surface area (Å²) in [5.41, 5.74) is 1.33. The van der Waals surface area contributed by atoms with Crippen LogP contribution in [0.3, 0.4) is 0 Å². The maximum atomic E-state index is 8.92. The van der Waals surface area contributed by atoms with Crippen molar-refractivity contribution in [2.75, 3.05) is 6.61 Å². The molecule has 0 bridgehead atoms. The highest BCUT2D eigenvalue weighted by atomic mass is 33.1. The van der Waals surface area contributed by atoms with Crippen LogP contribution >= 0.6 is 30.1 Å². The quantitative estimate of drug-likeness (QED) is 0.263. The molecule has 0 aromatic heterocycles. The summed E-state index contributed by atoms with van der Waals surface area (Å²) in [5.74, 6) is 0. The van der Waals surface area contributed by atoms with Gasteiger partial charge in [0.1, 0.15) is 0 Å². The highest BCUT2D eigenvalue weighted by Gasteiger charge is 2.60. The van der Waals surface area contributed by atoms with Crippen molar-refractivity contribution < 1.29 is 9.05 Å². The highest BCUT2D eigenvalue weighted by Crippen LogP contribution is 2.71. The molecule has 1 aliphatic heterocycles. The molecule has 3 atom stereocenters. The number of nitriles is 1. The second-order valence-corrected chi connectivity index (χ2v) is 11.8. The number of nitrogens with zero attached hydrogens (tertiary/aromatic N) is 2. The van der Waals surface area contributed by atoms with Gasteiger partial charge in [-0.15, -0.1) is 0 Å². The van der Waals surface area contributed by atoms with Crippen LogP contribution in [0.5, 0.6) is 0 Å². The fraction of sp³-hybridized carbons (Fsp3) is 0.650. The van der Waals surface area contributed by atoms with Gasteiger partial charge in [-0.3, -0.25) is 0 Å². The fourth-order valence-electron chi connectivity index (χ4n) is 3.43. The normalized spacial score (nSPS) is 24.7. The van der Waals surface area contributed by atoms with E-state index in [0.29, 0.717) is 30.4 Å². The Labute approximate surface area is 172 Å². The molecule has 3 rings (SSSR count). The second-order valence-electron chi connectivity index (χ2n) is 7.65. The molecule has 2 fully saturated rings. The van der Waals surface area contributed by atoms with Gasteiger partial charge in [-0.2, -0.15) is 5.26 Å². The number of hydrogen-bond acceptors (Lipinski definition) is 6. The summed E-state index contributed by atoms with van der Waals surface area (Å²) in [6.45, 7) is 9.17. The summed E-state index contributed by atoms with van der Waals surface area (Å²) in [5, 5.41) is 9.24. The first kappa shape index (κ1) is 21.4. The Morgan fingerprint density at radius 2 is 1.89 bits per heavy atom. The third kappa shape index (κ3) is 5.01. The van der Waals surface area contributed by atoms with E-state index in [2.05, 4.69) is 68.8 Å². The maximum Gasteiger partial charge on any atom is 0.259 e. The van der Waals surface area contributed by atoms with Crippen LogP contribution in [-0.4, -0.2) is 34.2 Å². The first-order chi connectivity index (χ1) is 13.0. The van der Waals surface area contributed by atoms with Gasteiger partial charge < -0.3 is 9.05 Å². The van der Waals surface area contributed by atoms with E-state index in [9.17, 15) is 0 Å². The third-order valence-corrected chi connectivity index (χ3v) is 10.7. The van der Waals surface area contributed by atoms with Crippen molar-refractivity contribution in [2.24, 2.45) is 0 Å². The van der Waals surface area contributed by atoms with Crippen molar-refractivity contribution >= 4 is 30.1 Å². The summed E-state index contributed by atoms with van der Waals surface area (Å²) in [6, 6.07) is 13.5. The van der Waals surface area contributed by atoms with Gasteiger partial charge in [0.15, 0.2) is 0 Å². The van der Waals surface area contributed by atoms with Crippen LogP contribution in [0.15, 0.2) is 30.3 Å². The van der Waals surface area contributed by atoms with Gasteiger partial charge in [-0.1, -0.05) is 51.9 Å². The average molecular weight is 425 g/mol. The fourth-order valence-corrected chi connectivity index (χ4v) is 9.33. The third-order valence-electron chi connectivity index (χ3n) is 4.85. The molecule has 0 amide bonds. The molecule has 7 heteroatoms. The molecule has 2 aliphatic rings. The van der Waals surface area contributed by atoms with Crippen molar-refractivity contribution in [3.05, 3.63) is 35.9 Å². The van der Waals surface area contributed by atoms with Crippen LogP contribution < -0.4 is 0 Å². The van der Waals surface area contributed by atoms with E-state index in [1.165, 1.54) is 18.4 Å². The molecule has 1 aromatic rings. The Kier molecular flexibility index (Phi) is 7.52. The van der Waals surface area contributed by atoms with E-state index in [1.807, 2.05) is 21.6 Å². The van der Waals surface area contributed by atoms with E-state index < -0.39 is 8.53 Å². The van der Waals surface area contributed by atoms with E-state index in [0.717, 1.165) is 0 Å². The van der Waals surface area contributed by atoms with Crippen molar-refractivity contribution in [3.8, 4) is 6.07 Å². The van der Waals surface area contributed by atoms with Gasteiger partial charge in [0.2, 0.25) is 0 Å². The Hall–Kier alpha value is -0.280. The van der Waals surface area contributed by atoms with Crippen molar-refractivity contribution in [3.63, 3.8) is 0 Å². The second kappa shape index (κ2) is 9.48. The lowest BCUT2D eigenvalue weighted by Crippen LogP contribution is -2.36. The van der Waals surface area contributed by atoms with Crippen LogP contribution in [-0.2, 0) is 9.05 Å². The van der Waals surface area contributed by atoms with Crippen LogP contribution in [0.1, 0.15) is 57.8 Å². The molecule has 1 aromatic carbocycles. The van der Waals surface area contributed by atoms with Crippen molar-refractivity contribution in [1.82, 2.24) is 4.67 Å². The highest BCUT2D eigenvalue weighted by molar-refractivity contribution is 8.77. The molecule has 1 aliphatic carbocycles. The minimum absolute atomic E-state index is 0.142. The first-order valence-corrected chi connectivity index (χ1v) is 13.0. The largest absolute Gasteiger partial charge is 0.321 e. The Balaban J connectivity index is 1.82. The van der Waals surface area contributed by atoms with E-state index in [-0.39, 0.29) is 10.9 Å². The van der Waals surface area contributed by atoms with E-state index in [4.69, 9.17) is 14.3 Å². The lowest BCUT2D eigenvalue weighted by molar-refractivity contribution is 0.126. The summed E-state index contributed by atoms with van der Waals surface area (Å²) in [7, 11) is 2.74. The molecular weight excluding hydrogens is 395 g/mol. The Morgan fingerprint density at radius 1 is 1.22 bits per heavy atom. The smallest absolute Gasteiger partial charge is 0.259 e. The SMILES string of the molecule is CC(C)N(C(C)C)P(OCCC#N)O[C@@H]1[C@H](c2ccccc2)SSC12CC2. The van der Waals surface area contributed by atoms with Crippen molar-refractivity contribution in [1.29, 1.82) is 5.26 Å². The van der Waals surface area contributed by atoms with Crippen LogP contribution in [0.25, 0.3) is 0 Å². The minimum atomic E-state index is -1.21. The van der Waals surface area contributed by atoms with E-state index >= 15 is 0 Å². The summed E-state index contributed by atoms with van der Waals surface area (Å²) >= 11 is 0. The summed E-state index contributed by atoms with van der Waals surface area (Å²) in [4.78, 5) is 0. The maximum absolute atomic E-state index is 8.92. The molecule has 148 valence electrons. The van der Waals surface area contributed by atoms with Gasteiger partial charge in [-0.05, 0) is 46.1 Å². The molecule has 0 N–H and O–H groups in total. The lowest BCUT2D eigenvalue weighted by Gasteiger charge is -2.38. The molecule has 1 heterocycles. The van der Waals surface area contributed by atoms with Crippen LogP contribution in [0, 0.1) is 11.3 Å². The predicted molar refractivity (Wildman–Crippen MR) is 116 cm³/mol. The summed E-state index contributed by atoms with van der Waals surface area (Å²) in [6.07, 6.45) is 2.96. The topological polar surface area (TPSA) is 45.5 Å². The van der Waals surface area contributed by atoms with E-state index in [1.54, 1.807) is 0 Å². The monoisotopic (exact) mass is 424 g/mol. The van der Waals surface area contributed by atoms with Gasteiger partial charge in [0, 0.05) is 12.1 Å². The summed E-state index contributed by atoms with van der Waals surface area (Å²) < 4.78 is 15.5. The molecule has 1 saturated heterocycles. The van der Waals surface area contributed by atoms with Gasteiger partial charge in [0.05, 0.1) is 35.2 Å². The zero-order valence-electron chi connectivity index (χ0n) is 16.5. The van der Waals surface area contributed by atoms with Gasteiger partial charge in [0.25, 0.3) is 8.53 Å². The van der Waals surface area contributed by atoms with Crippen molar-refractivity contribution in [2.45, 2.75) is 75.1 Å². The molecule has 1 spiro atoms. The predicted octanol–water partition coefficient (Wildman–Crippen LogP) is 6.32. The zero-order valence-corrected chi connectivity index (χ0v) is 19.0. The lowest BCUT2D eigenvalue weighted by atomic mass is 10.0.